The molecular formula is C14H31N3O2P2. The third-order valence-corrected chi connectivity index (χ3v) is 4.62. The van der Waals surface area contributed by atoms with Crippen molar-refractivity contribution in [2.75, 3.05) is 32.2 Å². The molecular weight excluding hydrogens is 304 g/mol. The van der Waals surface area contributed by atoms with E-state index >= 15 is 0 Å². The van der Waals surface area contributed by atoms with Crippen LogP contribution in [0.1, 0.15) is 39.5 Å². The van der Waals surface area contributed by atoms with Crippen LogP contribution in [0, 0.1) is 5.92 Å². The monoisotopic (exact) mass is 335 g/mol. The SMILES string of the molecule is CCC(CC)CCC(=O)NCCNC(=O)CN(CP)CP. The summed E-state index contributed by atoms with van der Waals surface area (Å²) in [5.74, 6) is 0.708. The van der Waals surface area contributed by atoms with Crippen LogP contribution < -0.4 is 10.6 Å². The van der Waals surface area contributed by atoms with Gasteiger partial charge >= 0.3 is 0 Å². The van der Waals surface area contributed by atoms with Crippen LogP contribution in [0.4, 0.5) is 0 Å². The maximum absolute atomic E-state index is 11.7. The minimum absolute atomic E-state index is 0.00817. The topological polar surface area (TPSA) is 61.4 Å². The molecule has 5 nitrogen and oxygen atoms in total. The fraction of sp³-hybridized carbons (Fsp3) is 0.857. The van der Waals surface area contributed by atoms with Crippen molar-refractivity contribution in [2.45, 2.75) is 39.5 Å². The Morgan fingerprint density at radius 1 is 1.00 bits per heavy atom. The fourth-order valence-corrected chi connectivity index (χ4v) is 2.84. The van der Waals surface area contributed by atoms with Crippen molar-refractivity contribution >= 4 is 30.3 Å². The zero-order valence-electron chi connectivity index (χ0n) is 13.4. The Kier molecular flexibility index (Phi) is 13.3. The molecule has 0 aliphatic carbocycles. The van der Waals surface area contributed by atoms with Gasteiger partial charge in [-0.15, -0.1) is 18.5 Å². The number of hydrogen-bond donors (Lipinski definition) is 2. The average molecular weight is 335 g/mol. The predicted octanol–water partition coefficient (Wildman–Crippen LogP) is 1.40. The molecule has 2 amide bonds. The summed E-state index contributed by atoms with van der Waals surface area (Å²) in [5.41, 5.74) is 0. The Morgan fingerprint density at radius 3 is 2.00 bits per heavy atom. The lowest BCUT2D eigenvalue weighted by molar-refractivity contribution is -0.123. The highest BCUT2D eigenvalue weighted by atomic mass is 31.0. The molecule has 0 bridgehead atoms. The van der Waals surface area contributed by atoms with Gasteiger partial charge in [0.15, 0.2) is 0 Å². The molecule has 0 radical (unpaired) electrons. The molecule has 124 valence electrons. The van der Waals surface area contributed by atoms with Gasteiger partial charge in [-0.25, -0.2) is 0 Å². The van der Waals surface area contributed by atoms with E-state index in [1.165, 1.54) is 0 Å². The van der Waals surface area contributed by atoms with Crippen LogP contribution in [-0.2, 0) is 9.59 Å². The summed E-state index contributed by atoms with van der Waals surface area (Å²) in [6.45, 7) is 5.69. The van der Waals surface area contributed by atoms with Crippen molar-refractivity contribution in [3.05, 3.63) is 0 Å². The second-order valence-electron chi connectivity index (χ2n) is 5.12. The van der Waals surface area contributed by atoms with Crippen LogP contribution in [-0.4, -0.2) is 48.9 Å². The molecule has 0 heterocycles. The lowest BCUT2D eigenvalue weighted by atomic mass is 9.97. The summed E-state index contributed by atoms with van der Waals surface area (Å²) >= 11 is 0. The zero-order valence-corrected chi connectivity index (χ0v) is 15.7. The van der Waals surface area contributed by atoms with Crippen molar-refractivity contribution in [1.82, 2.24) is 15.5 Å². The molecule has 2 N–H and O–H groups in total. The molecule has 0 spiro atoms. The highest BCUT2D eigenvalue weighted by Gasteiger charge is 2.08. The minimum atomic E-state index is -0.00817. The summed E-state index contributed by atoms with van der Waals surface area (Å²) in [4.78, 5) is 25.3. The van der Waals surface area contributed by atoms with Crippen LogP contribution in [0.5, 0.6) is 0 Å². The first-order valence-electron chi connectivity index (χ1n) is 7.73. The van der Waals surface area contributed by atoms with E-state index in [1.807, 2.05) is 4.90 Å². The van der Waals surface area contributed by atoms with Crippen LogP contribution in [0.3, 0.4) is 0 Å². The van der Waals surface area contributed by atoms with E-state index in [2.05, 4.69) is 43.0 Å². The highest BCUT2D eigenvalue weighted by molar-refractivity contribution is 7.17. The van der Waals surface area contributed by atoms with Gasteiger partial charge in [0.05, 0.1) is 6.54 Å². The van der Waals surface area contributed by atoms with E-state index in [0.29, 0.717) is 32.0 Å². The summed E-state index contributed by atoms with van der Waals surface area (Å²) in [5, 5.41) is 5.66. The van der Waals surface area contributed by atoms with E-state index in [-0.39, 0.29) is 11.8 Å². The van der Waals surface area contributed by atoms with Crippen LogP contribution >= 0.6 is 18.5 Å². The van der Waals surface area contributed by atoms with Crippen molar-refractivity contribution in [1.29, 1.82) is 0 Å². The summed E-state index contributed by atoms with van der Waals surface area (Å²) in [6, 6.07) is 0. The molecule has 0 aliphatic rings. The molecule has 2 unspecified atom stereocenters. The zero-order chi connectivity index (χ0) is 16.1. The summed E-state index contributed by atoms with van der Waals surface area (Å²) in [7, 11) is 5.20. The third-order valence-electron chi connectivity index (χ3n) is 3.59. The third kappa shape index (κ3) is 11.0. The van der Waals surface area contributed by atoms with Crippen molar-refractivity contribution < 1.29 is 9.59 Å². The van der Waals surface area contributed by atoms with Crippen molar-refractivity contribution in [2.24, 2.45) is 5.92 Å². The molecule has 0 aliphatic heterocycles. The van der Waals surface area contributed by atoms with Gasteiger partial charge in [0.1, 0.15) is 0 Å². The van der Waals surface area contributed by atoms with Gasteiger partial charge < -0.3 is 10.6 Å². The van der Waals surface area contributed by atoms with E-state index in [0.717, 1.165) is 31.8 Å². The van der Waals surface area contributed by atoms with Gasteiger partial charge in [0.2, 0.25) is 11.8 Å². The predicted molar refractivity (Wildman–Crippen MR) is 95.2 cm³/mol. The normalized spacial score (nSPS) is 11.0. The Labute approximate surface area is 133 Å². The fourth-order valence-electron chi connectivity index (χ4n) is 1.99. The summed E-state index contributed by atoms with van der Waals surface area (Å²) < 4.78 is 0. The number of nitrogens with zero attached hydrogens (tertiary/aromatic N) is 1. The Hall–Kier alpha value is -0.240. The minimum Gasteiger partial charge on any atom is -0.354 e. The molecule has 0 fully saturated rings. The number of nitrogens with one attached hydrogen (secondary N) is 2. The first-order valence-corrected chi connectivity index (χ1v) is 9.36. The first kappa shape index (κ1) is 20.8. The Morgan fingerprint density at radius 2 is 1.52 bits per heavy atom. The van der Waals surface area contributed by atoms with E-state index in [9.17, 15) is 9.59 Å². The second kappa shape index (κ2) is 13.4. The van der Waals surface area contributed by atoms with E-state index < -0.39 is 0 Å². The highest BCUT2D eigenvalue weighted by Crippen LogP contribution is 2.14. The van der Waals surface area contributed by atoms with Gasteiger partial charge in [-0.05, 0) is 12.3 Å². The van der Waals surface area contributed by atoms with Crippen molar-refractivity contribution in [3.8, 4) is 0 Å². The molecule has 2 atom stereocenters. The lowest BCUT2D eigenvalue weighted by Gasteiger charge is -2.17. The van der Waals surface area contributed by atoms with Gasteiger partial charge in [-0.3, -0.25) is 14.5 Å². The maximum atomic E-state index is 11.7. The standard InChI is InChI=1S/C14H31N3O2P2/c1-3-12(4-2)5-6-13(18)15-7-8-16-14(19)9-17(10-20)11-21/h12H,3-11,20-21H2,1-2H3,(H,15,18)(H,16,19). The van der Waals surface area contributed by atoms with Gasteiger partial charge in [0.25, 0.3) is 0 Å². The Balaban J connectivity index is 3.65. The largest absolute Gasteiger partial charge is 0.354 e. The average Bonchev–Trinajstić information content (AvgIpc) is 2.50. The molecule has 0 saturated carbocycles. The smallest absolute Gasteiger partial charge is 0.234 e. The number of carbonyl (C=O) groups is 2. The lowest BCUT2D eigenvalue weighted by Crippen LogP contribution is -2.40. The molecule has 0 aromatic heterocycles. The van der Waals surface area contributed by atoms with Gasteiger partial charge in [-0.2, -0.15) is 0 Å². The van der Waals surface area contributed by atoms with E-state index in [4.69, 9.17) is 0 Å². The summed E-state index contributed by atoms with van der Waals surface area (Å²) in [6.07, 6.45) is 5.31. The number of hydrogen-bond acceptors (Lipinski definition) is 3. The van der Waals surface area contributed by atoms with Crippen LogP contribution in [0.25, 0.3) is 0 Å². The van der Waals surface area contributed by atoms with Gasteiger partial charge in [-0.1, -0.05) is 26.7 Å². The van der Waals surface area contributed by atoms with Crippen LogP contribution in [0.2, 0.25) is 0 Å². The number of amides is 2. The molecule has 0 aromatic carbocycles. The number of rotatable bonds is 12. The molecule has 21 heavy (non-hydrogen) atoms. The van der Waals surface area contributed by atoms with E-state index in [1.54, 1.807) is 0 Å². The van der Waals surface area contributed by atoms with Crippen molar-refractivity contribution in [3.63, 3.8) is 0 Å². The first-order chi connectivity index (χ1) is 10.1. The van der Waals surface area contributed by atoms with Gasteiger partial charge in [0, 0.05) is 32.1 Å². The quantitative estimate of drug-likeness (QED) is 0.419. The maximum Gasteiger partial charge on any atom is 0.234 e. The molecule has 0 saturated heterocycles. The Bertz CT molecular complexity index is 296. The molecule has 0 rings (SSSR count). The number of carbonyl (C=O) groups excluding carboxylic acids is 2. The second-order valence-corrected chi connectivity index (χ2v) is 5.85. The molecule has 0 aromatic rings. The van der Waals surface area contributed by atoms with Crippen LogP contribution in [0.15, 0.2) is 0 Å². The molecule has 7 heteroatoms.